The zero-order valence-corrected chi connectivity index (χ0v) is 31.9. The van der Waals surface area contributed by atoms with Gasteiger partial charge in [0, 0.05) is 29.1 Å². The van der Waals surface area contributed by atoms with Gasteiger partial charge in [0.05, 0.1) is 11.2 Å². The molecule has 1 aromatic heterocycles. The fourth-order valence-electron chi connectivity index (χ4n) is 10.1. The van der Waals surface area contributed by atoms with Crippen LogP contribution in [0.4, 0.5) is 0 Å². The average molecular weight is 727 g/mol. The first-order valence-corrected chi connectivity index (χ1v) is 20.0. The molecule has 268 valence electrons. The van der Waals surface area contributed by atoms with E-state index in [2.05, 4.69) is 195 Å². The quantitative estimate of drug-likeness (QED) is 0.183. The van der Waals surface area contributed by atoms with Gasteiger partial charge in [-0.1, -0.05) is 172 Å². The number of fused-ring (bicyclic) bond motifs is 6. The number of nitrogens with one attached hydrogen (secondary N) is 1. The summed E-state index contributed by atoms with van der Waals surface area (Å²) in [6, 6.07) is 58.7. The second kappa shape index (κ2) is 12.0. The third-order valence-electron chi connectivity index (χ3n) is 12.8. The van der Waals surface area contributed by atoms with Crippen molar-refractivity contribution in [2.24, 2.45) is 0 Å². The van der Waals surface area contributed by atoms with E-state index < -0.39 is 0 Å². The highest BCUT2D eigenvalue weighted by molar-refractivity contribution is 6.27. The normalized spacial score (nSPS) is 14.4. The molecule has 0 atom stereocenters. The van der Waals surface area contributed by atoms with Crippen molar-refractivity contribution in [1.29, 1.82) is 0 Å². The number of rotatable bonds is 4. The molecule has 2 heteroatoms. The Balaban J connectivity index is 0.997. The number of hydrogen-bond donors (Lipinski definition) is 1. The van der Waals surface area contributed by atoms with Gasteiger partial charge in [-0.2, -0.15) is 0 Å². The highest BCUT2D eigenvalue weighted by atomic mass is 14.8. The van der Waals surface area contributed by atoms with Crippen molar-refractivity contribution < 1.29 is 0 Å². The largest absolute Gasteiger partial charge is 0.387 e. The molecule has 0 spiro atoms. The van der Waals surface area contributed by atoms with Gasteiger partial charge in [0.25, 0.3) is 0 Å². The Hall–Kier alpha value is -7.03. The summed E-state index contributed by atoms with van der Waals surface area (Å²) in [6.45, 7) is 5.60. The van der Waals surface area contributed by atoms with Crippen LogP contribution in [0.5, 0.6) is 0 Å². The molecule has 1 aliphatic heterocycles. The number of hydrogen-bond acceptors (Lipinski definition) is 2. The van der Waals surface area contributed by atoms with Crippen LogP contribution in [-0.2, 0) is 5.41 Å². The van der Waals surface area contributed by atoms with Crippen LogP contribution >= 0.6 is 0 Å². The summed E-state index contributed by atoms with van der Waals surface area (Å²) in [5, 5.41) is 14.9. The summed E-state index contributed by atoms with van der Waals surface area (Å²) in [6.07, 6.45) is 6.57. The first kappa shape index (κ1) is 32.2. The Morgan fingerprint density at radius 2 is 1.19 bits per heavy atom. The summed E-state index contributed by atoms with van der Waals surface area (Å²) in [4.78, 5) is 5.40. The molecular formula is C55H38N2. The van der Waals surface area contributed by atoms with E-state index in [1.807, 2.05) is 0 Å². The van der Waals surface area contributed by atoms with Crippen molar-refractivity contribution in [1.82, 2.24) is 10.3 Å². The maximum absolute atomic E-state index is 5.40. The lowest BCUT2D eigenvalue weighted by molar-refractivity contribution is 0.662. The number of aromatic nitrogens is 1. The summed E-state index contributed by atoms with van der Waals surface area (Å²) in [5.41, 5.74) is 15.7. The molecule has 0 radical (unpaired) electrons. The maximum atomic E-state index is 5.40. The predicted octanol–water partition coefficient (Wildman–Crippen LogP) is 14.1. The molecular weight excluding hydrogens is 689 g/mol. The minimum atomic E-state index is -0.198. The summed E-state index contributed by atoms with van der Waals surface area (Å²) < 4.78 is 0. The van der Waals surface area contributed by atoms with Crippen LogP contribution < -0.4 is 5.32 Å². The van der Waals surface area contributed by atoms with Gasteiger partial charge in [-0.15, -0.1) is 0 Å². The van der Waals surface area contributed by atoms with Crippen molar-refractivity contribution in [2.75, 3.05) is 6.54 Å². The first-order chi connectivity index (χ1) is 28.0. The zero-order valence-electron chi connectivity index (χ0n) is 31.9. The molecule has 9 aromatic carbocycles. The second-order valence-electron chi connectivity index (χ2n) is 16.3. The molecule has 0 fully saturated rings. The van der Waals surface area contributed by atoms with Gasteiger partial charge in [0.15, 0.2) is 0 Å². The predicted molar refractivity (Wildman–Crippen MR) is 242 cm³/mol. The molecule has 1 aliphatic carbocycles. The third kappa shape index (κ3) is 4.68. The second-order valence-corrected chi connectivity index (χ2v) is 16.3. The minimum Gasteiger partial charge on any atom is -0.387 e. The number of dihydropyridines is 1. The number of nitrogens with zero attached hydrogens (tertiary/aromatic N) is 1. The fourth-order valence-corrected chi connectivity index (χ4v) is 10.1. The molecule has 1 N–H and O–H groups in total. The van der Waals surface area contributed by atoms with Crippen LogP contribution in [0, 0.1) is 0 Å². The van der Waals surface area contributed by atoms with Gasteiger partial charge in [-0.25, -0.2) is 4.98 Å². The lowest BCUT2D eigenvalue weighted by Crippen LogP contribution is -2.16. The van der Waals surface area contributed by atoms with E-state index in [1.54, 1.807) is 0 Å². The standard InChI is InChI=1S/C55H38N2/c1-55(2)47-15-6-5-14-46(47)54-53(55)51(52-43-13-4-3-9-34(43)24-29-48(52)57-54)37-18-16-33(17-19-37)38-10-7-11-39(31-38)41-25-20-35-23-28-45-42(40-12-8-30-56-32-40)26-21-36-22-27-44(41)49(35)50(36)45/h3-29,31-32,56H,30H2,1-2H3. The molecule has 0 unspecified atom stereocenters. The molecule has 2 aliphatic rings. The molecule has 0 bridgehead atoms. The van der Waals surface area contributed by atoms with Crippen LogP contribution in [0.2, 0.25) is 0 Å². The minimum absolute atomic E-state index is 0.198. The van der Waals surface area contributed by atoms with Crippen LogP contribution in [-0.4, -0.2) is 11.5 Å². The molecule has 2 nitrogen and oxygen atoms in total. The van der Waals surface area contributed by atoms with E-state index in [0.717, 1.165) is 17.8 Å². The Morgan fingerprint density at radius 1 is 0.509 bits per heavy atom. The molecule has 0 saturated heterocycles. The molecule has 0 amide bonds. The van der Waals surface area contributed by atoms with Crippen molar-refractivity contribution >= 4 is 59.6 Å². The molecule has 12 rings (SSSR count). The van der Waals surface area contributed by atoms with Gasteiger partial charge in [0.2, 0.25) is 0 Å². The third-order valence-corrected chi connectivity index (χ3v) is 12.8. The van der Waals surface area contributed by atoms with Crippen molar-refractivity contribution in [3.63, 3.8) is 0 Å². The van der Waals surface area contributed by atoms with E-state index in [1.165, 1.54) is 110 Å². The van der Waals surface area contributed by atoms with Gasteiger partial charge in [-0.3, -0.25) is 0 Å². The maximum Gasteiger partial charge on any atom is 0.0759 e. The van der Waals surface area contributed by atoms with Gasteiger partial charge < -0.3 is 5.32 Å². The van der Waals surface area contributed by atoms with Gasteiger partial charge in [0.1, 0.15) is 0 Å². The van der Waals surface area contributed by atoms with E-state index in [0.29, 0.717) is 0 Å². The van der Waals surface area contributed by atoms with Crippen molar-refractivity contribution in [3.8, 4) is 44.6 Å². The lowest BCUT2D eigenvalue weighted by atomic mass is 9.78. The van der Waals surface area contributed by atoms with Crippen LogP contribution in [0.3, 0.4) is 0 Å². The van der Waals surface area contributed by atoms with E-state index in [-0.39, 0.29) is 5.41 Å². The highest BCUT2D eigenvalue weighted by Gasteiger charge is 2.39. The fraction of sp³-hybridized carbons (Fsp3) is 0.0727. The Kier molecular flexibility index (Phi) is 6.78. The van der Waals surface area contributed by atoms with E-state index in [4.69, 9.17) is 4.98 Å². The summed E-state index contributed by atoms with van der Waals surface area (Å²) in [7, 11) is 0. The van der Waals surface area contributed by atoms with E-state index >= 15 is 0 Å². The Morgan fingerprint density at radius 3 is 2.00 bits per heavy atom. The summed E-state index contributed by atoms with van der Waals surface area (Å²) in [5.74, 6) is 0. The van der Waals surface area contributed by atoms with Gasteiger partial charge in [-0.05, 0) is 111 Å². The van der Waals surface area contributed by atoms with Crippen molar-refractivity contribution in [3.05, 3.63) is 193 Å². The molecule has 10 aromatic rings. The molecule has 2 heterocycles. The Labute approximate surface area is 331 Å². The average Bonchev–Trinajstić information content (AvgIpc) is 3.50. The smallest absolute Gasteiger partial charge is 0.0759 e. The molecule has 57 heavy (non-hydrogen) atoms. The van der Waals surface area contributed by atoms with Crippen LogP contribution in [0.1, 0.15) is 30.5 Å². The summed E-state index contributed by atoms with van der Waals surface area (Å²) >= 11 is 0. The number of pyridine rings is 1. The van der Waals surface area contributed by atoms with E-state index in [9.17, 15) is 0 Å². The Bertz CT molecular complexity index is 3360. The van der Waals surface area contributed by atoms with Crippen LogP contribution in [0.15, 0.2) is 176 Å². The monoisotopic (exact) mass is 726 g/mol. The first-order valence-electron chi connectivity index (χ1n) is 20.0. The zero-order chi connectivity index (χ0) is 37.8. The number of benzene rings is 9. The SMILES string of the molecule is CC1(C)c2ccccc2-c2nc3ccc4ccccc4c3c(-c3ccc(-c4cccc(-c5ccc6ccc7c(C8=CNCC=C8)ccc8ccc5c6c87)c4)cc3)c21. The topological polar surface area (TPSA) is 24.9 Å². The van der Waals surface area contributed by atoms with Crippen molar-refractivity contribution in [2.45, 2.75) is 19.3 Å². The number of allylic oxidation sites excluding steroid dienone is 2. The lowest BCUT2D eigenvalue weighted by Gasteiger charge is -2.25. The van der Waals surface area contributed by atoms with Gasteiger partial charge >= 0.3 is 0 Å². The highest BCUT2D eigenvalue weighted by Crippen LogP contribution is 2.54. The molecule has 0 saturated carbocycles. The van der Waals surface area contributed by atoms with Crippen LogP contribution in [0.25, 0.3) is 104 Å².